The molecule has 0 unspecified atom stereocenters. The quantitative estimate of drug-likeness (QED) is 0.738. The van der Waals surface area contributed by atoms with Crippen molar-refractivity contribution in [2.24, 2.45) is 0 Å². The monoisotopic (exact) mass is 323 g/mol. The normalized spacial score (nSPS) is 20.6. The number of nitriles is 1. The zero-order valence-electron chi connectivity index (χ0n) is 13.7. The Kier molecular flexibility index (Phi) is 4.38. The third kappa shape index (κ3) is 3.04. The van der Waals surface area contributed by atoms with Gasteiger partial charge in [0.15, 0.2) is 0 Å². The number of aromatic nitrogens is 1. The van der Waals surface area contributed by atoms with Gasteiger partial charge in [-0.05, 0) is 30.7 Å². The highest BCUT2D eigenvalue weighted by molar-refractivity contribution is 5.79. The molecule has 0 aliphatic carbocycles. The van der Waals surface area contributed by atoms with Crippen molar-refractivity contribution in [3.63, 3.8) is 0 Å². The third-order valence-corrected chi connectivity index (χ3v) is 4.45. The molecule has 2 heterocycles. The van der Waals surface area contributed by atoms with Crippen molar-refractivity contribution < 1.29 is 5.11 Å². The molecule has 0 spiro atoms. The fourth-order valence-corrected chi connectivity index (χ4v) is 3.07. The van der Waals surface area contributed by atoms with Gasteiger partial charge in [0, 0.05) is 37.6 Å². The molecule has 4 N–H and O–H groups in total. The Bertz CT molecular complexity index is 785. The largest absolute Gasteiger partial charge is 0.397 e. The van der Waals surface area contributed by atoms with Crippen LogP contribution in [-0.4, -0.2) is 41.9 Å². The maximum atomic E-state index is 9.62. The number of piperazine rings is 1. The highest BCUT2D eigenvalue weighted by Crippen LogP contribution is 2.32. The van der Waals surface area contributed by atoms with E-state index in [9.17, 15) is 10.4 Å². The SMILES string of the molecule is C[C@@]1(CO)CN(c2cc(-c3cnccc3C#N)ccc2N)CCN1. The van der Waals surface area contributed by atoms with Gasteiger partial charge in [0.2, 0.25) is 0 Å². The highest BCUT2D eigenvalue weighted by atomic mass is 16.3. The summed E-state index contributed by atoms with van der Waals surface area (Å²) in [6, 6.07) is 9.67. The van der Waals surface area contributed by atoms with Crippen molar-refractivity contribution in [2.75, 3.05) is 36.9 Å². The maximum absolute atomic E-state index is 9.62. The van der Waals surface area contributed by atoms with Gasteiger partial charge < -0.3 is 21.1 Å². The molecular weight excluding hydrogens is 302 g/mol. The average Bonchev–Trinajstić information content (AvgIpc) is 2.62. The van der Waals surface area contributed by atoms with E-state index in [0.29, 0.717) is 17.8 Å². The molecule has 1 aliphatic heterocycles. The van der Waals surface area contributed by atoms with Gasteiger partial charge in [0.25, 0.3) is 0 Å². The van der Waals surface area contributed by atoms with Gasteiger partial charge >= 0.3 is 0 Å². The lowest BCUT2D eigenvalue weighted by Gasteiger charge is -2.42. The lowest BCUT2D eigenvalue weighted by atomic mass is 9.98. The van der Waals surface area contributed by atoms with Crippen LogP contribution >= 0.6 is 0 Å². The summed E-state index contributed by atoms with van der Waals surface area (Å²) in [5.41, 5.74) is 9.73. The molecule has 0 radical (unpaired) electrons. The van der Waals surface area contributed by atoms with Crippen LogP contribution in [-0.2, 0) is 0 Å². The van der Waals surface area contributed by atoms with E-state index in [2.05, 4.69) is 21.3 Å². The van der Waals surface area contributed by atoms with Gasteiger partial charge in [-0.25, -0.2) is 0 Å². The molecule has 1 aromatic carbocycles. The summed E-state index contributed by atoms with van der Waals surface area (Å²) in [7, 11) is 0. The zero-order chi connectivity index (χ0) is 17.2. The Morgan fingerprint density at radius 1 is 1.46 bits per heavy atom. The Balaban J connectivity index is 2.00. The molecule has 24 heavy (non-hydrogen) atoms. The first-order valence-corrected chi connectivity index (χ1v) is 7.91. The van der Waals surface area contributed by atoms with E-state index >= 15 is 0 Å². The van der Waals surface area contributed by atoms with E-state index in [1.165, 1.54) is 0 Å². The minimum atomic E-state index is -0.354. The first-order chi connectivity index (χ1) is 11.6. The summed E-state index contributed by atoms with van der Waals surface area (Å²) in [5.74, 6) is 0. The maximum Gasteiger partial charge on any atom is 0.0999 e. The smallest absolute Gasteiger partial charge is 0.0999 e. The lowest BCUT2D eigenvalue weighted by Crippen LogP contribution is -2.61. The molecule has 6 heteroatoms. The van der Waals surface area contributed by atoms with Crippen molar-refractivity contribution in [2.45, 2.75) is 12.5 Å². The second-order valence-electron chi connectivity index (χ2n) is 6.37. The minimum Gasteiger partial charge on any atom is -0.397 e. The lowest BCUT2D eigenvalue weighted by molar-refractivity contribution is 0.167. The Labute approximate surface area is 141 Å². The second kappa shape index (κ2) is 6.48. The van der Waals surface area contributed by atoms with Gasteiger partial charge in [-0.15, -0.1) is 0 Å². The number of aliphatic hydroxyl groups is 1. The number of nitrogens with one attached hydrogen (secondary N) is 1. The van der Waals surface area contributed by atoms with Crippen LogP contribution in [0.3, 0.4) is 0 Å². The number of nitrogen functional groups attached to an aromatic ring is 1. The zero-order valence-corrected chi connectivity index (χ0v) is 13.7. The molecule has 0 amide bonds. The number of hydrogen-bond donors (Lipinski definition) is 3. The molecule has 0 bridgehead atoms. The first kappa shape index (κ1) is 16.2. The fourth-order valence-electron chi connectivity index (χ4n) is 3.07. The van der Waals surface area contributed by atoms with Gasteiger partial charge in [-0.1, -0.05) is 6.07 Å². The van der Waals surface area contributed by atoms with Crippen LogP contribution in [0.2, 0.25) is 0 Å². The van der Waals surface area contributed by atoms with E-state index in [1.807, 2.05) is 25.1 Å². The minimum absolute atomic E-state index is 0.0598. The van der Waals surface area contributed by atoms with Gasteiger partial charge in [0.1, 0.15) is 0 Å². The van der Waals surface area contributed by atoms with E-state index in [4.69, 9.17) is 5.73 Å². The average molecular weight is 323 g/mol. The van der Waals surface area contributed by atoms with Crippen LogP contribution in [0.5, 0.6) is 0 Å². The van der Waals surface area contributed by atoms with Crippen molar-refractivity contribution in [1.82, 2.24) is 10.3 Å². The van der Waals surface area contributed by atoms with Crippen molar-refractivity contribution in [3.8, 4) is 17.2 Å². The molecule has 2 aromatic rings. The summed E-state index contributed by atoms with van der Waals surface area (Å²) in [6.07, 6.45) is 3.31. The molecule has 3 rings (SSSR count). The molecule has 1 atom stereocenters. The van der Waals surface area contributed by atoms with Gasteiger partial charge in [-0.3, -0.25) is 4.98 Å². The Morgan fingerprint density at radius 3 is 3.04 bits per heavy atom. The number of anilines is 2. The number of pyridine rings is 1. The first-order valence-electron chi connectivity index (χ1n) is 7.91. The third-order valence-electron chi connectivity index (χ3n) is 4.45. The van der Waals surface area contributed by atoms with Crippen LogP contribution in [0.15, 0.2) is 36.7 Å². The number of nitrogens with zero attached hydrogens (tertiary/aromatic N) is 3. The van der Waals surface area contributed by atoms with Crippen molar-refractivity contribution in [3.05, 3.63) is 42.2 Å². The predicted octanol–water partition coefficient (Wildman–Crippen LogP) is 1.36. The summed E-state index contributed by atoms with van der Waals surface area (Å²) in [6.45, 7) is 4.30. The fraction of sp³-hybridized carbons (Fsp3) is 0.333. The Hall–Kier alpha value is -2.62. The van der Waals surface area contributed by atoms with Crippen LogP contribution in [0.1, 0.15) is 12.5 Å². The number of aliphatic hydroxyl groups excluding tert-OH is 1. The second-order valence-corrected chi connectivity index (χ2v) is 6.37. The van der Waals surface area contributed by atoms with Crippen LogP contribution in [0, 0.1) is 11.3 Å². The van der Waals surface area contributed by atoms with Crippen LogP contribution < -0.4 is 16.0 Å². The molecule has 0 saturated carbocycles. The number of nitrogens with two attached hydrogens (primary N) is 1. The molecule has 1 fully saturated rings. The molecule has 1 aromatic heterocycles. The summed E-state index contributed by atoms with van der Waals surface area (Å²) in [5, 5.41) is 22.3. The van der Waals surface area contributed by atoms with Crippen molar-refractivity contribution in [1.29, 1.82) is 5.26 Å². The topological polar surface area (TPSA) is 98.2 Å². The Morgan fingerprint density at radius 2 is 2.29 bits per heavy atom. The standard InChI is InChI=1S/C18H21N5O/c1-18(12-24)11-23(7-6-22-18)17-8-13(2-3-16(17)20)15-10-21-5-4-14(15)9-19/h2-5,8,10,22,24H,6-7,11-12,20H2,1H3/t18-/m0/s1. The molecule has 124 valence electrons. The van der Waals surface area contributed by atoms with E-state index in [0.717, 1.165) is 29.9 Å². The van der Waals surface area contributed by atoms with Crippen LogP contribution in [0.4, 0.5) is 11.4 Å². The summed E-state index contributed by atoms with van der Waals surface area (Å²) < 4.78 is 0. The number of benzene rings is 1. The molecular formula is C18H21N5O. The summed E-state index contributed by atoms with van der Waals surface area (Å²) >= 11 is 0. The van der Waals surface area contributed by atoms with E-state index in [1.54, 1.807) is 18.5 Å². The number of rotatable bonds is 3. The van der Waals surface area contributed by atoms with Gasteiger partial charge in [-0.2, -0.15) is 5.26 Å². The number of hydrogen-bond acceptors (Lipinski definition) is 6. The molecule has 1 saturated heterocycles. The van der Waals surface area contributed by atoms with Gasteiger partial charge in [0.05, 0.1) is 35.2 Å². The summed E-state index contributed by atoms with van der Waals surface area (Å²) in [4.78, 5) is 6.31. The molecule has 6 nitrogen and oxygen atoms in total. The van der Waals surface area contributed by atoms with E-state index in [-0.39, 0.29) is 12.1 Å². The molecule has 1 aliphatic rings. The highest BCUT2D eigenvalue weighted by Gasteiger charge is 2.30. The van der Waals surface area contributed by atoms with E-state index < -0.39 is 0 Å². The predicted molar refractivity (Wildman–Crippen MR) is 94.5 cm³/mol. The van der Waals surface area contributed by atoms with Crippen molar-refractivity contribution >= 4 is 11.4 Å². The van der Waals surface area contributed by atoms with Crippen LogP contribution in [0.25, 0.3) is 11.1 Å².